The van der Waals surface area contributed by atoms with Crippen LogP contribution in [0.3, 0.4) is 0 Å². The Bertz CT molecular complexity index is 1530. The summed E-state index contributed by atoms with van der Waals surface area (Å²) in [5.41, 5.74) is 4.80. The first-order valence-corrected chi connectivity index (χ1v) is 12.7. The quantitative estimate of drug-likeness (QED) is 0.249. The zero-order chi connectivity index (χ0) is 28.4. The number of ether oxygens (including phenoxy) is 6. The highest BCUT2D eigenvalue weighted by Gasteiger charge is 2.33. The molecule has 2 heterocycles. The summed E-state index contributed by atoms with van der Waals surface area (Å²) in [5.74, 6) is 3.66. The molecule has 0 spiro atoms. The van der Waals surface area contributed by atoms with Crippen LogP contribution in [0.25, 0.3) is 22.3 Å². The standard InChI is InChI=1S/C29H30N4O6S/c1-34-19-11-15(12-20(35-2)26(19)38-5)24-23(28-30-17-9-7-8-10-18(17)31-28)25(33-29(40)32-24)16-13-21(36-3)27(39-6)22(14-16)37-4/h7-14,24H,1-6H3,(H,30,31)(H2,32,33,40). The lowest BCUT2D eigenvalue weighted by molar-refractivity contribution is 0.323. The van der Waals surface area contributed by atoms with Gasteiger partial charge < -0.3 is 44.0 Å². The SMILES string of the molecule is COc1cc(C2=C(c3nc4ccccc4[nH]3)C(c3cc(OC)c(OC)c(OC)c3)NC(=S)N2)cc(OC)c1OC. The van der Waals surface area contributed by atoms with Crippen molar-refractivity contribution < 1.29 is 28.4 Å². The Morgan fingerprint density at radius 3 is 1.80 bits per heavy atom. The van der Waals surface area contributed by atoms with Crippen LogP contribution in [0.1, 0.15) is 23.0 Å². The molecule has 1 atom stereocenters. The summed E-state index contributed by atoms with van der Waals surface area (Å²) < 4.78 is 33.7. The Balaban J connectivity index is 1.82. The number of hydrogen-bond donors (Lipinski definition) is 3. The molecule has 0 amide bonds. The molecule has 3 aromatic carbocycles. The summed E-state index contributed by atoms with van der Waals surface area (Å²) in [6.07, 6.45) is 0. The summed E-state index contributed by atoms with van der Waals surface area (Å²) in [7, 11) is 9.46. The molecule has 5 rings (SSSR count). The highest BCUT2D eigenvalue weighted by molar-refractivity contribution is 7.80. The van der Waals surface area contributed by atoms with Crippen LogP contribution in [0.5, 0.6) is 34.5 Å². The molecular formula is C29H30N4O6S. The Hall–Kier alpha value is -4.64. The maximum Gasteiger partial charge on any atom is 0.203 e. The molecule has 0 bridgehead atoms. The highest BCUT2D eigenvalue weighted by atomic mass is 32.1. The lowest BCUT2D eigenvalue weighted by Crippen LogP contribution is -2.43. The third kappa shape index (κ3) is 4.68. The van der Waals surface area contributed by atoms with Gasteiger partial charge in [0, 0.05) is 11.1 Å². The van der Waals surface area contributed by atoms with Crippen molar-refractivity contribution in [3.05, 3.63) is 65.5 Å². The van der Waals surface area contributed by atoms with Crippen molar-refractivity contribution in [2.24, 2.45) is 0 Å². The number of hydrogen-bond acceptors (Lipinski definition) is 8. The molecule has 1 aliphatic heterocycles. The number of methoxy groups -OCH3 is 6. The maximum atomic E-state index is 5.71. The summed E-state index contributed by atoms with van der Waals surface area (Å²) in [6, 6.07) is 14.9. The van der Waals surface area contributed by atoms with E-state index in [-0.39, 0.29) is 0 Å². The van der Waals surface area contributed by atoms with Crippen LogP contribution >= 0.6 is 12.2 Å². The average Bonchev–Trinajstić information content (AvgIpc) is 3.42. The van der Waals surface area contributed by atoms with E-state index in [4.69, 9.17) is 45.6 Å². The average molecular weight is 563 g/mol. The van der Waals surface area contributed by atoms with E-state index < -0.39 is 6.04 Å². The number of nitrogens with zero attached hydrogens (tertiary/aromatic N) is 1. The van der Waals surface area contributed by atoms with Crippen LogP contribution in [0.4, 0.5) is 0 Å². The molecule has 11 heteroatoms. The van der Waals surface area contributed by atoms with Crippen LogP contribution in [0.15, 0.2) is 48.5 Å². The highest BCUT2D eigenvalue weighted by Crippen LogP contribution is 2.46. The third-order valence-electron chi connectivity index (χ3n) is 6.69. The van der Waals surface area contributed by atoms with Gasteiger partial charge in [-0.05, 0) is 54.2 Å². The van der Waals surface area contributed by atoms with Gasteiger partial charge >= 0.3 is 0 Å². The molecule has 0 radical (unpaired) electrons. The first kappa shape index (κ1) is 26.9. The fourth-order valence-electron chi connectivity index (χ4n) is 4.87. The number of thiocarbonyl (C=S) groups is 1. The third-order valence-corrected chi connectivity index (χ3v) is 6.91. The number of rotatable bonds is 9. The Labute approximate surface area is 237 Å². The second kappa shape index (κ2) is 11.2. The van der Waals surface area contributed by atoms with Crippen molar-refractivity contribution in [3.63, 3.8) is 0 Å². The van der Waals surface area contributed by atoms with Crippen molar-refractivity contribution in [2.75, 3.05) is 42.7 Å². The van der Waals surface area contributed by atoms with Crippen LogP contribution in [0.2, 0.25) is 0 Å². The fourth-order valence-corrected chi connectivity index (χ4v) is 5.09. The zero-order valence-electron chi connectivity index (χ0n) is 23.0. The number of nitrogens with one attached hydrogen (secondary N) is 3. The lowest BCUT2D eigenvalue weighted by atomic mass is 9.91. The molecule has 0 aliphatic carbocycles. The van der Waals surface area contributed by atoms with Crippen LogP contribution in [-0.4, -0.2) is 57.7 Å². The zero-order valence-corrected chi connectivity index (χ0v) is 23.8. The van der Waals surface area contributed by atoms with E-state index in [2.05, 4.69) is 15.6 Å². The van der Waals surface area contributed by atoms with Crippen molar-refractivity contribution >= 4 is 39.6 Å². The second-order valence-corrected chi connectivity index (χ2v) is 9.20. The van der Waals surface area contributed by atoms with Gasteiger partial charge in [-0.25, -0.2) is 4.98 Å². The molecule has 4 aromatic rings. The summed E-state index contributed by atoms with van der Waals surface area (Å²) in [5, 5.41) is 7.17. The van der Waals surface area contributed by atoms with Gasteiger partial charge in [0.05, 0.1) is 65.4 Å². The van der Waals surface area contributed by atoms with E-state index in [1.807, 2.05) is 48.5 Å². The number of aromatic amines is 1. The normalized spacial score (nSPS) is 14.8. The monoisotopic (exact) mass is 562 g/mol. The van der Waals surface area contributed by atoms with E-state index in [0.29, 0.717) is 51.1 Å². The molecule has 1 unspecified atom stereocenters. The smallest absolute Gasteiger partial charge is 0.203 e. The topological polar surface area (TPSA) is 108 Å². The fraction of sp³-hybridized carbons (Fsp3) is 0.241. The number of aromatic nitrogens is 2. The molecule has 0 saturated heterocycles. The molecule has 1 aromatic heterocycles. The van der Waals surface area contributed by atoms with E-state index >= 15 is 0 Å². The van der Waals surface area contributed by atoms with E-state index in [9.17, 15) is 0 Å². The minimum atomic E-state index is -0.461. The molecular weight excluding hydrogens is 532 g/mol. The predicted octanol–water partition coefficient (Wildman–Crippen LogP) is 4.70. The predicted molar refractivity (Wildman–Crippen MR) is 157 cm³/mol. The molecule has 40 heavy (non-hydrogen) atoms. The van der Waals surface area contributed by atoms with Crippen LogP contribution < -0.4 is 39.1 Å². The first-order chi connectivity index (χ1) is 19.5. The largest absolute Gasteiger partial charge is 0.493 e. The summed E-state index contributed by atoms with van der Waals surface area (Å²) in [6.45, 7) is 0. The van der Waals surface area contributed by atoms with E-state index in [1.165, 1.54) is 0 Å². The molecule has 0 saturated carbocycles. The number of benzene rings is 3. The number of imidazole rings is 1. The van der Waals surface area contributed by atoms with Crippen LogP contribution in [-0.2, 0) is 0 Å². The second-order valence-electron chi connectivity index (χ2n) is 8.80. The van der Waals surface area contributed by atoms with Gasteiger partial charge in [0.25, 0.3) is 0 Å². The molecule has 10 nitrogen and oxygen atoms in total. The van der Waals surface area contributed by atoms with Crippen molar-refractivity contribution in [3.8, 4) is 34.5 Å². The number of fused-ring (bicyclic) bond motifs is 1. The Morgan fingerprint density at radius 1 is 0.725 bits per heavy atom. The van der Waals surface area contributed by atoms with Gasteiger partial charge in [-0.2, -0.15) is 0 Å². The number of H-pyrrole nitrogens is 1. The molecule has 0 fully saturated rings. The molecule has 3 N–H and O–H groups in total. The van der Waals surface area contributed by atoms with Gasteiger partial charge in [0.2, 0.25) is 11.5 Å². The Morgan fingerprint density at radius 2 is 1.27 bits per heavy atom. The van der Waals surface area contributed by atoms with Crippen LogP contribution in [0, 0.1) is 0 Å². The summed E-state index contributed by atoms with van der Waals surface area (Å²) in [4.78, 5) is 8.41. The number of para-hydroxylation sites is 2. The van der Waals surface area contributed by atoms with Gasteiger partial charge in [0.15, 0.2) is 28.1 Å². The van der Waals surface area contributed by atoms with E-state index in [1.54, 1.807) is 42.7 Å². The first-order valence-electron chi connectivity index (χ1n) is 12.3. The Kier molecular flexibility index (Phi) is 7.56. The van der Waals surface area contributed by atoms with Gasteiger partial charge in [-0.3, -0.25) is 0 Å². The lowest BCUT2D eigenvalue weighted by Gasteiger charge is -2.32. The van der Waals surface area contributed by atoms with E-state index in [0.717, 1.165) is 27.7 Å². The van der Waals surface area contributed by atoms with Gasteiger partial charge in [0.1, 0.15) is 5.82 Å². The summed E-state index contributed by atoms with van der Waals surface area (Å²) >= 11 is 5.71. The maximum absolute atomic E-state index is 5.71. The van der Waals surface area contributed by atoms with Crippen molar-refractivity contribution in [1.29, 1.82) is 0 Å². The molecule has 208 valence electrons. The van der Waals surface area contributed by atoms with Crippen molar-refractivity contribution in [2.45, 2.75) is 6.04 Å². The van der Waals surface area contributed by atoms with Gasteiger partial charge in [-0.15, -0.1) is 0 Å². The van der Waals surface area contributed by atoms with Crippen molar-refractivity contribution in [1.82, 2.24) is 20.6 Å². The minimum Gasteiger partial charge on any atom is -0.493 e. The van der Waals surface area contributed by atoms with Gasteiger partial charge in [-0.1, -0.05) is 12.1 Å². The molecule has 1 aliphatic rings. The minimum absolute atomic E-state index is 0.419.